The van der Waals surface area contributed by atoms with Crippen LogP contribution in [0.15, 0.2) is 59.3 Å². The maximum absolute atomic E-state index is 12.0. The number of carbonyl (C=O) groups is 1. The highest BCUT2D eigenvalue weighted by Gasteiger charge is 2.17. The number of hydrogen-bond donors (Lipinski definition) is 0. The molecule has 3 heteroatoms. The number of furan rings is 1. The standard InChI is InChI=1S/C20H15NO2/c1-12-8-15(13(2)22)19-16(9-12)18-11-21-10-17(20(18)23-19)14-6-4-3-5-7-14/h3-11H,1-2H3. The Kier molecular flexibility index (Phi) is 3.01. The molecule has 0 saturated carbocycles. The van der Waals surface area contributed by atoms with Crippen molar-refractivity contribution in [1.82, 2.24) is 4.98 Å². The summed E-state index contributed by atoms with van der Waals surface area (Å²) in [7, 11) is 0. The fourth-order valence-corrected chi connectivity index (χ4v) is 3.02. The van der Waals surface area contributed by atoms with Gasteiger partial charge in [0.1, 0.15) is 11.2 Å². The Morgan fingerprint density at radius 3 is 2.52 bits per heavy atom. The molecule has 3 nitrogen and oxygen atoms in total. The van der Waals surface area contributed by atoms with E-state index in [1.807, 2.05) is 49.4 Å². The van der Waals surface area contributed by atoms with Gasteiger partial charge in [0.25, 0.3) is 0 Å². The number of hydrogen-bond acceptors (Lipinski definition) is 3. The van der Waals surface area contributed by atoms with Crippen molar-refractivity contribution >= 4 is 27.7 Å². The largest absolute Gasteiger partial charge is 0.455 e. The van der Waals surface area contributed by atoms with E-state index >= 15 is 0 Å². The zero-order chi connectivity index (χ0) is 16.0. The minimum absolute atomic E-state index is 0.00646. The normalized spacial score (nSPS) is 11.2. The second-order valence-electron chi connectivity index (χ2n) is 5.78. The molecule has 0 N–H and O–H groups in total. The molecule has 2 aromatic heterocycles. The lowest BCUT2D eigenvalue weighted by Crippen LogP contribution is -1.93. The van der Waals surface area contributed by atoms with Gasteiger partial charge in [0.05, 0.1) is 5.56 Å². The molecule has 23 heavy (non-hydrogen) atoms. The quantitative estimate of drug-likeness (QED) is 0.480. The van der Waals surface area contributed by atoms with Crippen LogP contribution in [0.4, 0.5) is 0 Å². The number of nitrogens with zero attached hydrogens (tertiary/aromatic N) is 1. The van der Waals surface area contributed by atoms with E-state index in [9.17, 15) is 4.79 Å². The molecule has 0 saturated heterocycles. The Hall–Kier alpha value is -2.94. The molecule has 0 aliphatic heterocycles. The Labute approximate surface area is 133 Å². The summed E-state index contributed by atoms with van der Waals surface area (Å²) in [6.07, 6.45) is 3.61. The van der Waals surface area contributed by atoms with Gasteiger partial charge < -0.3 is 4.42 Å². The van der Waals surface area contributed by atoms with Crippen LogP contribution in [0.1, 0.15) is 22.8 Å². The summed E-state index contributed by atoms with van der Waals surface area (Å²) in [5.74, 6) is 0.00646. The molecule has 112 valence electrons. The molecule has 2 aromatic carbocycles. The van der Waals surface area contributed by atoms with Crippen molar-refractivity contribution in [2.75, 3.05) is 0 Å². The lowest BCUT2D eigenvalue weighted by Gasteiger charge is -2.01. The zero-order valence-corrected chi connectivity index (χ0v) is 13.0. The molecular weight excluding hydrogens is 286 g/mol. The SMILES string of the molecule is CC(=O)c1cc(C)cc2c1oc1c(-c3ccccc3)cncc12. The summed E-state index contributed by atoms with van der Waals surface area (Å²) in [4.78, 5) is 16.3. The Morgan fingerprint density at radius 1 is 1.00 bits per heavy atom. The Balaban J connectivity index is 2.14. The van der Waals surface area contributed by atoms with E-state index in [0.717, 1.165) is 33.0 Å². The predicted molar refractivity (Wildman–Crippen MR) is 91.7 cm³/mol. The highest BCUT2D eigenvalue weighted by Crippen LogP contribution is 2.36. The maximum atomic E-state index is 12.0. The third kappa shape index (κ3) is 2.13. The second kappa shape index (κ2) is 5.06. The molecule has 4 rings (SSSR count). The van der Waals surface area contributed by atoms with Crippen molar-refractivity contribution in [2.45, 2.75) is 13.8 Å². The van der Waals surface area contributed by atoms with Crippen LogP contribution in [-0.2, 0) is 0 Å². The number of Topliss-reactive ketones (excluding diaryl/α,β-unsaturated/α-hetero) is 1. The topological polar surface area (TPSA) is 43.1 Å². The molecule has 0 fully saturated rings. The number of aromatic nitrogens is 1. The molecular formula is C20H15NO2. The zero-order valence-electron chi connectivity index (χ0n) is 13.0. The van der Waals surface area contributed by atoms with E-state index in [4.69, 9.17) is 4.42 Å². The third-order valence-corrected chi connectivity index (χ3v) is 4.09. The van der Waals surface area contributed by atoms with Crippen LogP contribution < -0.4 is 0 Å². The van der Waals surface area contributed by atoms with Gasteiger partial charge in [-0.15, -0.1) is 0 Å². The smallest absolute Gasteiger partial charge is 0.163 e. The van der Waals surface area contributed by atoms with Gasteiger partial charge in [0, 0.05) is 28.7 Å². The molecule has 0 atom stereocenters. The van der Waals surface area contributed by atoms with Gasteiger partial charge in [-0.3, -0.25) is 9.78 Å². The van der Waals surface area contributed by atoms with Crippen molar-refractivity contribution in [3.8, 4) is 11.1 Å². The number of fused-ring (bicyclic) bond motifs is 3. The van der Waals surface area contributed by atoms with Gasteiger partial charge >= 0.3 is 0 Å². The first-order chi connectivity index (χ1) is 11.1. The summed E-state index contributed by atoms with van der Waals surface area (Å²) in [6.45, 7) is 3.55. The van der Waals surface area contributed by atoms with Crippen LogP contribution >= 0.6 is 0 Å². The van der Waals surface area contributed by atoms with Gasteiger partial charge in [-0.05, 0) is 37.1 Å². The fraction of sp³-hybridized carbons (Fsp3) is 0.100. The summed E-state index contributed by atoms with van der Waals surface area (Å²) in [6, 6.07) is 13.9. The number of ketones is 1. The van der Waals surface area contributed by atoms with E-state index in [-0.39, 0.29) is 5.78 Å². The molecule has 2 heterocycles. The number of benzene rings is 2. The predicted octanol–water partition coefficient (Wildman–Crippen LogP) is 5.16. The van der Waals surface area contributed by atoms with Gasteiger partial charge in [-0.1, -0.05) is 30.3 Å². The fourth-order valence-electron chi connectivity index (χ4n) is 3.02. The van der Waals surface area contributed by atoms with Crippen LogP contribution in [0.25, 0.3) is 33.1 Å². The van der Waals surface area contributed by atoms with Crippen LogP contribution in [0.2, 0.25) is 0 Å². The summed E-state index contributed by atoms with van der Waals surface area (Å²) < 4.78 is 6.12. The van der Waals surface area contributed by atoms with E-state index < -0.39 is 0 Å². The van der Waals surface area contributed by atoms with Crippen molar-refractivity contribution in [2.24, 2.45) is 0 Å². The molecule has 0 unspecified atom stereocenters. The molecule has 4 aromatic rings. The molecule has 0 radical (unpaired) electrons. The lowest BCUT2D eigenvalue weighted by molar-refractivity contribution is 0.101. The molecule has 0 spiro atoms. The van der Waals surface area contributed by atoms with Gasteiger partial charge in [-0.2, -0.15) is 0 Å². The van der Waals surface area contributed by atoms with E-state index in [1.165, 1.54) is 0 Å². The minimum atomic E-state index is 0.00646. The number of rotatable bonds is 2. The third-order valence-electron chi connectivity index (χ3n) is 4.09. The Bertz CT molecular complexity index is 1050. The van der Waals surface area contributed by atoms with Crippen molar-refractivity contribution < 1.29 is 9.21 Å². The van der Waals surface area contributed by atoms with Crippen LogP contribution in [-0.4, -0.2) is 10.8 Å². The average Bonchev–Trinajstić information content (AvgIpc) is 2.93. The van der Waals surface area contributed by atoms with Gasteiger partial charge in [-0.25, -0.2) is 0 Å². The maximum Gasteiger partial charge on any atom is 0.163 e. The molecule has 0 bridgehead atoms. The van der Waals surface area contributed by atoms with E-state index in [0.29, 0.717) is 11.1 Å². The number of pyridine rings is 1. The number of aryl methyl sites for hydroxylation is 1. The lowest BCUT2D eigenvalue weighted by atomic mass is 10.0. The highest BCUT2D eigenvalue weighted by atomic mass is 16.3. The first kappa shape index (κ1) is 13.7. The Morgan fingerprint density at radius 2 is 1.78 bits per heavy atom. The van der Waals surface area contributed by atoms with Crippen molar-refractivity contribution in [3.05, 3.63) is 66.0 Å². The monoisotopic (exact) mass is 301 g/mol. The second-order valence-corrected chi connectivity index (χ2v) is 5.78. The van der Waals surface area contributed by atoms with Crippen molar-refractivity contribution in [1.29, 1.82) is 0 Å². The van der Waals surface area contributed by atoms with Crippen LogP contribution in [0, 0.1) is 6.92 Å². The summed E-state index contributed by atoms with van der Waals surface area (Å²) in [5.41, 5.74) is 5.06. The summed E-state index contributed by atoms with van der Waals surface area (Å²) >= 11 is 0. The van der Waals surface area contributed by atoms with Gasteiger partial charge in [0.2, 0.25) is 0 Å². The van der Waals surface area contributed by atoms with Crippen molar-refractivity contribution in [3.63, 3.8) is 0 Å². The van der Waals surface area contributed by atoms with Gasteiger partial charge in [0.15, 0.2) is 5.78 Å². The van der Waals surface area contributed by atoms with E-state index in [1.54, 1.807) is 19.3 Å². The average molecular weight is 301 g/mol. The highest BCUT2D eigenvalue weighted by molar-refractivity contribution is 6.15. The first-order valence-electron chi connectivity index (χ1n) is 7.52. The summed E-state index contributed by atoms with van der Waals surface area (Å²) in [5, 5.41) is 1.88. The molecule has 0 amide bonds. The van der Waals surface area contributed by atoms with Crippen LogP contribution in [0.3, 0.4) is 0 Å². The molecule has 0 aliphatic carbocycles. The van der Waals surface area contributed by atoms with E-state index in [2.05, 4.69) is 4.98 Å². The van der Waals surface area contributed by atoms with Crippen LogP contribution in [0.5, 0.6) is 0 Å². The number of carbonyl (C=O) groups excluding carboxylic acids is 1. The minimum Gasteiger partial charge on any atom is -0.455 e. The first-order valence-corrected chi connectivity index (χ1v) is 7.52. The molecule has 0 aliphatic rings.